The molecule has 2 aromatic rings. The maximum absolute atomic E-state index is 12.6. The number of carbonyl (C=O) groups is 2. The number of thiazole rings is 1. The van der Waals surface area contributed by atoms with Crippen molar-refractivity contribution < 1.29 is 14.3 Å². The molecule has 144 valence electrons. The lowest BCUT2D eigenvalue weighted by atomic mass is 10.1. The smallest absolute Gasteiger partial charge is 0.359 e. The number of amides is 1. The van der Waals surface area contributed by atoms with Crippen LogP contribution in [0, 0.1) is 5.92 Å². The molecule has 0 bridgehead atoms. The second-order valence-corrected chi connectivity index (χ2v) is 7.98. The van der Waals surface area contributed by atoms with Crippen LogP contribution in [0.5, 0.6) is 0 Å². The van der Waals surface area contributed by atoms with Gasteiger partial charge in [0.2, 0.25) is 6.10 Å². The van der Waals surface area contributed by atoms with Crippen molar-refractivity contribution >= 4 is 28.3 Å². The molecule has 1 fully saturated rings. The third kappa shape index (κ3) is 5.79. The third-order valence-electron chi connectivity index (χ3n) is 4.20. The lowest BCUT2D eigenvalue weighted by Gasteiger charge is -2.17. The first-order valence-corrected chi connectivity index (χ1v) is 10.2. The average Bonchev–Trinajstić information content (AvgIpc) is 3.34. The van der Waals surface area contributed by atoms with Crippen LogP contribution in [0.3, 0.4) is 0 Å². The predicted octanol–water partition coefficient (Wildman–Crippen LogP) is 3.78. The summed E-state index contributed by atoms with van der Waals surface area (Å²) in [5.74, 6) is -0.288. The number of nitrogens with one attached hydrogen (secondary N) is 2. The Bertz CT molecular complexity index is 772. The Labute approximate surface area is 163 Å². The van der Waals surface area contributed by atoms with E-state index >= 15 is 0 Å². The van der Waals surface area contributed by atoms with Gasteiger partial charge in [0.15, 0.2) is 10.8 Å². The SMILES string of the molecule is CC(C)CCNc1nc(C(=O)O[C@@H](C(=O)NC2CC2)c2ccccc2)cs1. The zero-order valence-corrected chi connectivity index (χ0v) is 16.4. The molecule has 1 aromatic carbocycles. The first-order chi connectivity index (χ1) is 13.0. The van der Waals surface area contributed by atoms with Gasteiger partial charge in [0, 0.05) is 23.5 Å². The molecule has 7 heteroatoms. The van der Waals surface area contributed by atoms with E-state index in [1.807, 2.05) is 18.2 Å². The van der Waals surface area contributed by atoms with Crippen LogP contribution in [-0.4, -0.2) is 29.4 Å². The first-order valence-electron chi connectivity index (χ1n) is 9.28. The molecule has 2 N–H and O–H groups in total. The minimum Gasteiger partial charge on any atom is -0.443 e. The second kappa shape index (κ2) is 8.99. The monoisotopic (exact) mass is 387 g/mol. The van der Waals surface area contributed by atoms with Crippen molar-refractivity contribution in [1.29, 1.82) is 0 Å². The normalized spacial score (nSPS) is 14.6. The summed E-state index contributed by atoms with van der Waals surface area (Å²) in [6, 6.07) is 9.25. The first kappa shape index (κ1) is 19.4. The van der Waals surface area contributed by atoms with E-state index in [4.69, 9.17) is 4.74 Å². The summed E-state index contributed by atoms with van der Waals surface area (Å²) in [5, 5.41) is 8.46. The molecule has 1 aromatic heterocycles. The van der Waals surface area contributed by atoms with E-state index in [1.165, 1.54) is 11.3 Å². The van der Waals surface area contributed by atoms with Gasteiger partial charge in [-0.05, 0) is 25.2 Å². The van der Waals surface area contributed by atoms with Crippen LogP contribution >= 0.6 is 11.3 Å². The Balaban J connectivity index is 1.65. The van der Waals surface area contributed by atoms with E-state index in [-0.39, 0.29) is 17.6 Å². The van der Waals surface area contributed by atoms with E-state index in [0.717, 1.165) is 25.8 Å². The van der Waals surface area contributed by atoms with Gasteiger partial charge in [-0.2, -0.15) is 0 Å². The zero-order chi connectivity index (χ0) is 19.2. The quantitative estimate of drug-likeness (QED) is 0.640. The number of anilines is 1. The number of rotatable bonds is 9. The Morgan fingerprint density at radius 2 is 2.00 bits per heavy atom. The molecule has 3 rings (SSSR count). The van der Waals surface area contributed by atoms with Gasteiger partial charge in [-0.1, -0.05) is 44.2 Å². The Morgan fingerprint density at radius 3 is 2.67 bits per heavy atom. The lowest BCUT2D eigenvalue weighted by Crippen LogP contribution is -2.33. The predicted molar refractivity (Wildman–Crippen MR) is 106 cm³/mol. The fourth-order valence-electron chi connectivity index (χ4n) is 2.49. The number of hydrogen-bond acceptors (Lipinski definition) is 6. The molecule has 6 nitrogen and oxygen atoms in total. The molecule has 0 unspecified atom stereocenters. The van der Waals surface area contributed by atoms with Crippen molar-refractivity contribution in [3.05, 3.63) is 47.0 Å². The van der Waals surface area contributed by atoms with Crippen molar-refractivity contribution in [2.45, 2.75) is 45.3 Å². The fourth-order valence-corrected chi connectivity index (χ4v) is 3.20. The summed E-state index contributed by atoms with van der Waals surface area (Å²) < 4.78 is 5.53. The van der Waals surface area contributed by atoms with E-state index < -0.39 is 12.1 Å². The molecular weight excluding hydrogens is 362 g/mol. The van der Waals surface area contributed by atoms with Crippen molar-refractivity contribution in [2.24, 2.45) is 5.92 Å². The highest BCUT2D eigenvalue weighted by Crippen LogP contribution is 2.25. The van der Waals surface area contributed by atoms with Gasteiger partial charge in [0.05, 0.1) is 0 Å². The van der Waals surface area contributed by atoms with Crippen LogP contribution < -0.4 is 10.6 Å². The van der Waals surface area contributed by atoms with E-state index in [0.29, 0.717) is 16.6 Å². The van der Waals surface area contributed by atoms with Gasteiger partial charge in [0.1, 0.15) is 0 Å². The van der Waals surface area contributed by atoms with Crippen LogP contribution in [0.25, 0.3) is 0 Å². The van der Waals surface area contributed by atoms with Gasteiger partial charge in [0.25, 0.3) is 5.91 Å². The van der Waals surface area contributed by atoms with E-state index in [9.17, 15) is 9.59 Å². The number of nitrogens with zero attached hydrogens (tertiary/aromatic N) is 1. The molecule has 1 aliphatic carbocycles. The van der Waals surface area contributed by atoms with Crippen molar-refractivity contribution in [3.8, 4) is 0 Å². The molecule has 27 heavy (non-hydrogen) atoms. The van der Waals surface area contributed by atoms with Gasteiger partial charge in [-0.15, -0.1) is 11.3 Å². The lowest BCUT2D eigenvalue weighted by molar-refractivity contribution is -0.130. The van der Waals surface area contributed by atoms with Crippen LogP contribution in [0.4, 0.5) is 5.13 Å². The highest BCUT2D eigenvalue weighted by molar-refractivity contribution is 7.13. The average molecular weight is 388 g/mol. The molecule has 1 atom stereocenters. The Hall–Kier alpha value is -2.41. The van der Waals surface area contributed by atoms with Gasteiger partial charge in [-0.25, -0.2) is 9.78 Å². The highest BCUT2D eigenvalue weighted by atomic mass is 32.1. The Kier molecular flexibility index (Phi) is 6.45. The van der Waals surface area contributed by atoms with Gasteiger partial charge < -0.3 is 15.4 Å². The molecule has 0 radical (unpaired) electrons. The summed E-state index contributed by atoms with van der Waals surface area (Å²) in [6.45, 7) is 5.11. The molecule has 0 spiro atoms. The number of ether oxygens (including phenoxy) is 1. The molecule has 1 heterocycles. The summed E-state index contributed by atoms with van der Waals surface area (Å²) >= 11 is 1.36. The van der Waals surface area contributed by atoms with Crippen LogP contribution in [-0.2, 0) is 9.53 Å². The Morgan fingerprint density at radius 1 is 1.26 bits per heavy atom. The van der Waals surface area contributed by atoms with Crippen LogP contribution in [0.15, 0.2) is 35.7 Å². The van der Waals surface area contributed by atoms with Crippen LogP contribution in [0.1, 0.15) is 55.3 Å². The summed E-state index contributed by atoms with van der Waals surface area (Å²) in [5.41, 5.74) is 0.863. The standard InChI is InChI=1S/C20H25N3O3S/c1-13(2)10-11-21-20-23-16(12-27-20)19(25)26-17(14-6-4-3-5-7-14)18(24)22-15-8-9-15/h3-7,12-13,15,17H,8-11H2,1-2H3,(H,21,23)(H,22,24)/t17-/m1/s1. The minimum atomic E-state index is -0.974. The summed E-state index contributed by atoms with van der Waals surface area (Å²) in [4.78, 5) is 29.4. The molecule has 1 saturated carbocycles. The fraction of sp³-hybridized carbons (Fsp3) is 0.450. The third-order valence-corrected chi connectivity index (χ3v) is 5.00. The van der Waals surface area contributed by atoms with Crippen LogP contribution in [0.2, 0.25) is 0 Å². The topological polar surface area (TPSA) is 80.3 Å². The van der Waals surface area contributed by atoms with Gasteiger partial charge >= 0.3 is 5.97 Å². The summed E-state index contributed by atoms with van der Waals surface area (Å²) in [7, 11) is 0. The molecule has 1 amide bonds. The maximum Gasteiger partial charge on any atom is 0.359 e. The van der Waals surface area contributed by atoms with Crippen molar-refractivity contribution in [1.82, 2.24) is 10.3 Å². The number of benzene rings is 1. The number of carbonyl (C=O) groups excluding carboxylic acids is 2. The summed E-state index contributed by atoms with van der Waals surface area (Å²) in [6.07, 6.45) is 1.99. The number of hydrogen-bond donors (Lipinski definition) is 2. The van der Waals surface area contributed by atoms with Crippen molar-refractivity contribution in [3.63, 3.8) is 0 Å². The van der Waals surface area contributed by atoms with E-state index in [1.54, 1.807) is 17.5 Å². The van der Waals surface area contributed by atoms with Crippen molar-refractivity contribution in [2.75, 3.05) is 11.9 Å². The molecule has 0 aliphatic heterocycles. The molecule has 0 saturated heterocycles. The number of esters is 1. The minimum absolute atomic E-state index is 0.193. The molecule has 1 aliphatic rings. The second-order valence-electron chi connectivity index (χ2n) is 7.13. The van der Waals surface area contributed by atoms with Gasteiger partial charge in [-0.3, -0.25) is 4.79 Å². The molecular formula is C20H25N3O3S. The number of aromatic nitrogens is 1. The van der Waals surface area contributed by atoms with E-state index in [2.05, 4.69) is 29.5 Å². The largest absolute Gasteiger partial charge is 0.443 e. The maximum atomic E-state index is 12.6. The highest BCUT2D eigenvalue weighted by Gasteiger charge is 2.31. The zero-order valence-electron chi connectivity index (χ0n) is 15.6.